The van der Waals surface area contributed by atoms with Gasteiger partial charge in [0.05, 0.1) is 47.9 Å². The SMILES string of the molecule is O=C1Nc2ccccc2C(c2ccccc2)=NC1Nc1nnc(-c2ncc(C(F)(F)F)cc2N2C3CCC2COC3)o1. The highest BCUT2D eigenvalue weighted by Crippen LogP contribution is 2.41. The van der Waals surface area contributed by atoms with Gasteiger partial charge in [-0.1, -0.05) is 53.6 Å². The average molecular weight is 576 g/mol. The summed E-state index contributed by atoms with van der Waals surface area (Å²) in [5, 5.41) is 13.9. The van der Waals surface area contributed by atoms with Crippen molar-refractivity contribution in [2.24, 2.45) is 4.99 Å². The second-order valence-corrected chi connectivity index (χ2v) is 10.3. The fourth-order valence-electron chi connectivity index (χ4n) is 5.67. The quantitative estimate of drug-likeness (QED) is 0.350. The van der Waals surface area contributed by atoms with E-state index in [2.05, 4.69) is 25.8 Å². The van der Waals surface area contributed by atoms with Gasteiger partial charge in [0.25, 0.3) is 11.8 Å². The Morgan fingerprint density at radius 3 is 2.48 bits per heavy atom. The zero-order chi connectivity index (χ0) is 28.8. The van der Waals surface area contributed by atoms with Crippen molar-refractivity contribution in [3.63, 3.8) is 0 Å². The van der Waals surface area contributed by atoms with Crippen LogP contribution in [0, 0.1) is 0 Å². The second-order valence-electron chi connectivity index (χ2n) is 10.3. The highest BCUT2D eigenvalue weighted by atomic mass is 19.4. The topological polar surface area (TPSA) is 118 Å². The molecule has 7 rings (SSSR count). The fraction of sp³-hybridized carbons (Fsp3) is 0.276. The molecule has 3 atom stereocenters. The summed E-state index contributed by atoms with van der Waals surface area (Å²) < 4.78 is 52.5. The zero-order valence-electron chi connectivity index (χ0n) is 22.0. The minimum absolute atomic E-state index is 0.0864. The number of carbonyl (C=O) groups is 1. The fourth-order valence-corrected chi connectivity index (χ4v) is 5.67. The molecule has 13 heteroatoms. The molecule has 0 radical (unpaired) electrons. The summed E-state index contributed by atoms with van der Waals surface area (Å²) in [6.45, 7) is 0.813. The van der Waals surface area contributed by atoms with E-state index in [0.717, 1.165) is 36.2 Å². The Hall–Kier alpha value is -4.78. The maximum atomic E-state index is 13.7. The van der Waals surface area contributed by atoms with Gasteiger partial charge in [0.2, 0.25) is 6.17 Å². The molecule has 0 aliphatic carbocycles. The molecule has 10 nitrogen and oxygen atoms in total. The van der Waals surface area contributed by atoms with Crippen molar-refractivity contribution in [1.82, 2.24) is 15.2 Å². The summed E-state index contributed by atoms with van der Waals surface area (Å²) in [6, 6.07) is 17.5. The Morgan fingerprint density at radius 1 is 0.976 bits per heavy atom. The Bertz CT molecular complexity index is 1660. The van der Waals surface area contributed by atoms with Crippen LogP contribution in [-0.2, 0) is 15.7 Å². The number of ether oxygens (including phenoxy) is 1. The number of para-hydroxylation sites is 1. The van der Waals surface area contributed by atoms with E-state index in [1.165, 1.54) is 0 Å². The van der Waals surface area contributed by atoms with Crippen molar-refractivity contribution in [3.8, 4) is 11.6 Å². The molecular weight excluding hydrogens is 551 g/mol. The van der Waals surface area contributed by atoms with Crippen molar-refractivity contribution < 1.29 is 27.1 Å². The highest BCUT2D eigenvalue weighted by molar-refractivity contribution is 6.19. The van der Waals surface area contributed by atoms with Gasteiger partial charge in [-0.05, 0) is 25.0 Å². The van der Waals surface area contributed by atoms with Gasteiger partial charge in [0.15, 0.2) is 5.69 Å². The van der Waals surface area contributed by atoms with E-state index in [9.17, 15) is 18.0 Å². The normalized spacial score (nSPS) is 21.8. The number of nitrogens with one attached hydrogen (secondary N) is 2. The van der Waals surface area contributed by atoms with Crippen molar-refractivity contribution >= 4 is 29.0 Å². The van der Waals surface area contributed by atoms with Crippen LogP contribution >= 0.6 is 0 Å². The van der Waals surface area contributed by atoms with E-state index < -0.39 is 23.8 Å². The summed E-state index contributed by atoms with van der Waals surface area (Å²) in [5.74, 6) is -0.539. The zero-order valence-corrected chi connectivity index (χ0v) is 22.0. The summed E-state index contributed by atoms with van der Waals surface area (Å²) in [7, 11) is 0. The molecule has 3 aliphatic rings. The lowest BCUT2D eigenvalue weighted by Crippen LogP contribution is -2.46. The number of halogens is 3. The number of alkyl halides is 3. The van der Waals surface area contributed by atoms with Gasteiger partial charge in [0.1, 0.15) is 0 Å². The van der Waals surface area contributed by atoms with Crippen LogP contribution < -0.4 is 15.5 Å². The maximum Gasteiger partial charge on any atom is 0.417 e. The van der Waals surface area contributed by atoms with Gasteiger partial charge >= 0.3 is 12.2 Å². The van der Waals surface area contributed by atoms with E-state index >= 15 is 0 Å². The lowest BCUT2D eigenvalue weighted by molar-refractivity contribution is -0.137. The number of aromatic nitrogens is 3. The minimum Gasteiger partial charge on any atom is -0.402 e. The van der Waals surface area contributed by atoms with E-state index in [-0.39, 0.29) is 35.4 Å². The molecule has 0 spiro atoms. The number of rotatable bonds is 5. The van der Waals surface area contributed by atoms with Gasteiger partial charge in [-0.25, -0.2) is 9.98 Å². The van der Waals surface area contributed by atoms with Crippen molar-refractivity contribution in [3.05, 3.63) is 83.6 Å². The summed E-state index contributed by atoms with van der Waals surface area (Å²) in [5.41, 5.74) is 2.22. The lowest BCUT2D eigenvalue weighted by atomic mass is 10.0. The molecule has 2 bridgehead atoms. The largest absolute Gasteiger partial charge is 0.417 e. The van der Waals surface area contributed by atoms with Crippen LogP contribution in [-0.4, -0.2) is 58.3 Å². The van der Waals surface area contributed by atoms with Crippen LogP contribution in [0.1, 0.15) is 29.5 Å². The number of benzene rings is 2. The molecule has 2 aromatic heterocycles. The van der Waals surface area contributed by atoms with Crippen LogP contribution in [0.3, 0.4) is 0 Å². The first-order chi connectivity index (χ1) is 20.3. The number of aliphatic imine (C=N–C) groups is 1. The van der Waals surface area contributed by atoms with E-state index in [0.29, 0.717) is 24.6 Å². The summed E-state index contributed by atoms with van der Waals surface area (Å²) >= 11 is 0. The number of morpholine rings is 1. The molecule has 2 fully saturated rings. The predicted molar refractivity (Wildman–Crippen MR) is 147 cm³/mol. The molecule has 3 aliphatic heterocycles. The van der Waals surface area contributed by atoms with Crippen LogP contribution in [0.5, 0.6) is 0 Å². The Balaban J connectivity index is 1.24. The molecule has 2 aromatic carbocycles. The predicted octanol–water partition coefficient (Wildman–Crippen LogP) is 4.75. The smallest absolute Gasteiger partial charge is 0.402 e. The third-order valence-corrected chi connectivity index (χ3v) is 7.60. The average Bonchev–Trinajstić information content (AvgIpc) is 3.51. The number of carbonyl (C=O) groups excluding carboxylic acids is 1. The number of benzodiazepines with no additional fused rings is 1. The molecule has 2 saturated heterocycles. The third-order valence-electron chi connectivity index (χ3n) is 7.60. The van der Waals surface area contributed by atoms with E-state index in [1.54, 1.807) is 6.07 Å². The van der Waals surface area contributed by atoms with Gasteiger partial charge in [-0.3, -0.25) is 4.79 Å². The molecule has 1 amide bonds. The number of hydrogen-bond donors (Lipinski definition) is 2. The van der Waals surface area contributed by atoms with Crippen LogP contribution in [0.15, 0.2) is 76.3 Å². The molecule has 0 saturated carbocycles. The van der Waals surface area contributed by atoms with Crippen molar-refractivity contribution in [1.29, 1.82) is 0 Å². The lowest BCUT2D eigenvalue weighted by Gasteiger charge is -2.37. The molecule has 42 heavy (non-hydrogen) atoms. The summed E-state index contributed by atoms with van der Waals surface area (Å²) in [6.07, 6.45) is -3.39. The van der Waals surface area contributed by atoms with E-state index in [4.69, 9.17) is 14.1 Å². The number of hydrogen-bond acceptors (Lipinski definition) is 9. The molecule has 3 unspecified atom stereocenters. The molecule has 4 aromatic rings. The number of amides is 1. The number of pyridine rings is 1. The number of nitrogens with zero attached hydrogens (tertiary/aromatic N) is 5. The van der Waals surface area contributed by atoms with Crippen LogP contribution in [0.4, 0.5) is 30.6 Å². The first kappa shape index (κ1) is 26.1. The van der Waals surface area contributed by atoms with Gasteiger partial charge in [-0.2, -0.15) is 13.2 Å². The Kier molecular flexibility index (Phi) is 6.38. The van der Waals surface area contributed by atoms with Gasteiger partial charge < -0.3 is 24.7 Å². The van der Waals surface area contributed by atoms with Gasteiger partial charge in [-0.15, -0.1) is 5.10 Å². The number of fused-ring (bicyclic) bond motifs is 3. The van der Waals surface area contributed by atoms with Crippen molar-refractivity contribution in [2.75, 3.05) is 28.7 Å². The minimum atomic E-state index is -4.58. The van der Waals surface area contributed by atoms with Crippen LogP contribution in [0.25, 0.3) is 11.6 Å². The molecular formula is C29H24F3N7O3. The van der Waals surface area contributed by atoms with Gasteiger partial charge in [0, 0.05) is 17.3 Å². The van der Waals surface area contributed by atoms with Crippen LogP contribution in [0.2, 0.25) is 0 Å². The first-order valence-corrected chi connectivity index (χ1v) is 13.4. The summed E-state index contributed by atoms with van der Waals surface area (Å²) in [4.78, 5) is 23.9. The third kappa shape index (κ3) is 4.75. The maximum absolute atomic E-state index is 13.7. The Morgan fingerprint density at radius 2 is 1.71 bits per heavy atom. The highest BCUT2D eigenvalue weighted by Gasteiger charge is 2.41. The molecule has 5 heterocycles. The van der Waals surface area contributed by atoms with E-state index in [1.807, 2.05) is 53.4 Å². The molecule has 214 valence electrons. The second kappa shape index (κ2) is 10.2. The Labute approximate surface area is 237 Å². The first-order valence-electron chi connectivity index (χ1n) is 13.4. The molecule has 2 N–H and O–H groups in total. The standard InChI is InChI=1S/C29H24F3N7O3/c30-29(31,32)17-12-22(39-18-10-11-19(39)15-41-14-18)24(33-13-17)27-37-38-28(42-27)36-25-26(40)34-21-9-5-4-8-20(21)23(35-25)16-6-2-1-3-7-16/h1-9,12-13,18-19,25H,10-11,14-15H2,(H,34,40)(H,36,38). The monoisotopic (exact) mass is 575 g/mol. The number of anilines is 3. The van der Waals surface area contributed by atoms with Crippen molar-refractivity contribution in [2.45, 2.75) is 37.3 Å².